The van der Waals surface area contributed by atoms with Gasteiger partial charge in [0.1, 0.15) is 0 Å². The van der Waals surface area contributed by atoms with E-state index >= 15 is 0 Å². The molecule has 140 valence electrons. The molecule has 3 aromatic heterocycles. The van der Waals surface area contributed by atoms with Gasteiger partial charge in [-0.1, -0.05) is 30.3 Å². The van der Waals surface area contributed by atoms with Crippen molar-refractivity contribution in [1.82, 2.24) is 25.0 Å². The zero-order valence-electron chi connectivity index (χ0n) is 14.7. The number of nitrogens with two attached hydrogens (primary N) is 1. The van der Waals surface area contributed by atoms with Gasteiger partial charge in [-0.05, 0) is 0 Å². The molecular weight excluding hydrogens is 380 g/mol. The van der Waals surface area contributed by atoms with Gasteiger partial charge in [0.05, 0.1) is 12.7 Å². The van der Waals surface area contributed by atoms with Crippen LogP contribution in [-0.2, 0) is 6.54 Å². The van der Waals surface area contributed by atoms with Crippen LogP contribution in [0.3, 0.4) is 0 Å². The van der Waals surface area contributed by atoms with Crippen LogP contribution in [0.4, 0.5) is 0 Å². The van der Waals surface area contributed by atoms with Crippen molar-refractivity contribution < 1.29 is 14.0 Å². The molecule has 4 rings (SSSR count). The quantitative estimate of drug-likeness (QED) is 0.497. The number of benzene rings is 1. The van der Waals surface area contributed by atoms with Crippen LogP contribution < -0.4 is 5.73 Å². The van der Waals surface area contributed by atoms with Gasteiger partial charge in [0.15, 0.2) is 27.9 Å². The lowest BCUT2D eigenvalue weighted by molar-refractivity contribution is 0.0993. The number of primary amides is 1. The molecule has 28 heavy (non-hydrogen) atoms. The maximum Gasteiger partial charge on any atom is 0.271 e. The smallest absolute Gasteiger partial charge is 0.271 e. The third-order valence-corrected chi connectivity index (χ3v) is 4.89. The molecule has 0 radical (unpaired) electrons. The fourth-order valence-corrected chi connectivity index (χ4v) is 3.32. The Bertz CT molecular complexity index is 1160. The number of thiazole rings is 1. The second-order valence-electron chi connectivity index (χ2n) is 5.88. The number of hydrogen-bond donors (Lipinski definition) is 1. The maximum atomic E-state index is 11.8. The zero-order valence-corrected chi connectivity index (χ0v) is 15.5. The number of amides is 1. The van der Waals surface area contributed by atoms with Crippen LogP contribution in [0, 0.1) is 0 Å². The molecule has 0 saturated carbocycles. The first-order valence-corrected chi connectivity index (χ1v) is 9.05. The predicted octanol–water partition coefficient (Wildman–Crippen LogP) is 2.41. The lowest BCUT2D eigenvalue weighted by atomic mass is 10.1. The van der Waals surface area contributed by atoms with E-state index in [0.29, 0.717) is 22.8 Å². The van der Waals surface area contributed by atoms with Gasteiger partial charge in [0, 0.05) is 23.6 Å². The van der Waals surface area contributed by atoms with Crippen molar-refractivity contribution in [3.63, 3.8) is 0 Å². The van der Waals surface area contributed by atoms with Crippen molar-refractivity contribution in [2.24, 2.45) is 5.73 Å². The van der Waals surface area contributed by atoms with Gasteiger partial charge in [-0.15, -0.1) is 16.4 Å². The highest BCUT2D eigenvalue weighted by atomic mass is 32.1. The normalized spacial score (nSPS) is 10.9. The summed E-state index contributed by atoms with van der Waals surface area (Å²) in [5, 5.41) is 8.95. The summed E-state index contributed by atoms with van der Waals surface area (Å²) >= 11 is 1.29. The largest absolute Gasteiger partial charge is 0.434 e. The molecule has 0 unspecified atom stereocenters. The molecule has 1 amide bonds. The summed E-state index contributed by atoms with van der Waals surface area (Å²) in [6, 6.07) is 9.09. The van der Waals surface area contributed by atoms with Crippen LogP contribution in [0.5, 0.6) is 0 Å². The highest BCUT2D eigenvalue weighted by Gasteiger charge is 2.22. The Balaban J connectivity index is 1.63. The molecule has 0 aliphatic heterocycles. The molecule has 4 aromatic rings. The first kappa shape index (κ1) is 17.7. The van der Waals surface area contributed by atoms with Crippen molar-refractivity contribution in [1.29, 1.82) is 0 Å². The van der Waals surface area contributed by atoms with Crippen LogP contribution in [0.15, 0.2) is 47.1 Å². The number of carbonyl (C=O) groups excluding carboxylic acids is 2. The number of aromatic nitrogens is 5. The molecule has 0 saturated heterocycles. The van der Waals surface area contributed by atoms with Gasteiger partial charge in [0.2, 0.25) is 5.89 Å². The second kappa shape index (κ2) is 7.16. The summed E-state index contributed by atoms with van der Waals surface area (Å²) in [4.78, 5) is 33.7. The topological polar surface area (TPSA) is 130 Å². The van der Waals surface area contributed by atoms with E-state index in [9.17, 15) is 9.59 Å². The molecule has 3 heterocycles. The Morgan fingerprint density at radius 2 is 2.00 bits per heavy atom. The van der Waals surface area contributed by atoms with Crippen molar-refractivity contribution in [2.75, 3.05) is 0 Å². The first-order chi connectivity index (χ1) is 13.5. The number of ketones is 1. The molecule has 0 bridgehead atoms. The third-order valence-electron chi connectivity index (χ3n) is 3.80. The van der Waals surface area contributed by atoms with Gasteiger partial charge >= 0.3 is 0 Å². The van der Waals surface area contributed by atoms with Gasteiger partial charge in [-0.2, -0.15) is 9.90 Å². The van der Waals surface area contributed by atoms with E-state index < -0.39 is 5.91 Å². The van der Waals surface area contributed by atoms with Gasteiger partial charge < -0.3 is 10.2 Å². The number of nitrogens with zero attached hydrogens (tertiary/aromatic N) is 5. The van der Waals surface area contributed by atoms with Crippen LogP contribution >= 0.6 is 11.3 Å². The maximum absolute atomic E-state index is 11.8. The number of Topliss-reactive ketones (excluding diaryl/α,β-unsaturated/α-hetero) is 1. The van der Waals surface area contributed by atoms with Crippen LogP contribution in [0.2, 0.25) is 0 Å². The summed E-state index contributed by atoms with van der Waals surface area (Å²) in [5.41, 5.74) is 6.52. The van der Waals surface area contributed by atoms with Gasteiger partial charge in [-0.25, -0.2) is 9.97 Å². The van der Waals surface area contributed by atoms with Crippen LogP contribution in [0.1, 0.15) is 32.1 Å². The van der Waals surface area contributed by atoms with E-state index in [1.54, 1.807) is 18.3 Å². The Morgan fingerprint density at radius 1 is 1.21 bits per heavy atom. The second-order valence-corrected chi connectivity index (χ2v) is 6.99. The molecule has 10 heteroatoms. The van der Waals surface area contributed by atoms with Crippen LogP contribution in [-0.4, -0.2) is 36.7 Å². The average Bonchev–Trinajstić information content (AvgIpc) is 3.42. The monoisotopic (exact) mass is 394 g/mol. The van der Waals surface area contributed by atoms with E-state index in [1.165, 1.54) is 29.3 Å². The average molecular weight is 394 g/mol. The lowest BCUT2D eigenvalue weighted by Gasteiger charge is -1.97. The van der Waals surface area contributed by atoms with Crippen molar-refractivity contribution in [3.8, 4) is 22.9 Å². The van der Waals surface area contributed by atoms with E-state index in [2.05, 4.69) is 20.2 Å². The minimum atomic E-state index is -0.692. The summed E-state index contributed by atoms with van der Waals surface area (Å²) in [7, 11) is 0. The van der Waals surface area contributed by atoms with Crippen molar-refractivity contribution in [3.05, 3.63) is 58.3 Å². The zero-order chi connectivity index (χ0) is 19.7. The highest BCUT2D eigenvalue weighted by molar-refractivity contribution is 7.13. The summed E-state index contributed by atoms with van der Waals surface area (Å²) in [6.07, 6.45) is 3.10. The Morgan fingerprint density at radius 3 is 2.68 bits per heavy atom. The molecule has 0 atom stereocenters. The number of oxazole rings is 1. The van der Waals surface area contributed by atoms with Gasteiger partial charge in [-0.3, -0.25) is 9.59 Å². The van der Waals surface area contributed by atoms with Gasteiger partial charge in [0.25, 0.3) is 5.91 Å². The molecule has 9 nitrogen and oxygen atoms in total. The van der Waals surface area contributed by atoms with Crippen molar-refractivity contribution >= 4 is 23.0 Å². The summed E-state index contributed by atoms with van der Waals surface area (Å²) in [6.45, 7) is 1.82. The number of carbonyl (C=O) groups is 2. The van der Waals surface area contributed by atoms with E-state index in [0.717, 1.165) is 4.88 Å². The molecular formula is C18H14N6O3S. The third kappa shape index (κ3) is 3.45. The molecule has 0 aliphatic carbocycles. The standard InChI is InChI=1S/C18H14N6O3S/c1-10(25)18-20-7-12(28-18)9-24-21-8-13(23-24)17-22-14(16(19)26)15(27-17)11-5-3-2-4-6-11/h2-8H,9H2,1H3,(H2,19,26). The summed E-state index contributed by atoms with van der Waals surface area (Å²) < 4.78 is 5.77. The SMILES string of the molecule is CC(=O)c1ncc(Cn2ncc(-c3nc(C(N)=O)c(-c4ccccc4)o3)n2)s1. The van der Waals surface area contributed by atoms with Crippen LogP contribution in [0.25, 0.3) is 22.9 Å². The Labute approximate surface area is 162 Å². The van der Waals surface area contributed by atoms with Crippen molar-refractivity contribution in [2.45, 2.75) is 13.5 Å². The fourth-order valence-electron chi connectivity index (χ4n) is 2.54. The predicted molar refractivity (Wildman–Crippen MR) is 101 cm³/mol. The molecule has 2 N–H and O–H groups in total. The van der Waals surface area contributed by atoms with E-state index in [1.807, 2.05) is 18.2 Å². The number of rotatable bonds is 6. The molecule has 0 fully saturated rings. The molecule has 0 aliphatic rings. The molecule has 0 spiro atoms. The van der Waals surface area contributed by atoms with E-state index in [4.69, 9.17) is 10.2 Å². The summed E-state index contributed by atoms with van der Waals surface area (Å²) in [5.74, 6) is -0.348. The minimum absolute atomic E-state index is 0.0318. The Hall–Kier alpha value is -3.66. The number of hydrogen-bond acceptors (Lipinski definition) is 8. The highest BCUT2D eigenvalue weighted by Crippen LogP contribution is 2.28. The lowest BCUT2D eigenvalue weighted by Crippen LogP contribution is -2.12. The first-order valence-electron chi connectivity index (χ1n) is 8.23. The molecule has 1 aromatic carbocycles. The minimum Gasteiger partial charge on any atom is -0.434 e. The fraction of sp³-hybridized carbons (Fsp3) is 0.111. The van der Waals surface area contributed by atoms with E-state index in [-0.39, 0.29) is 23.1 Å². The Kier molecular flexibility index (Phi) is 4.53.